The molecule has 4 aromatic rings. The molecule has 0 aliphatic rings. The van der Waals surface area contributed by atoms with Gasteiger partial charge in [-0.05, 0) is 42.5 Å². The normalized spacial score (nSPS) is 11.9. The van der Waals surface area contributed by atoms with Gasteiger partial charge in [-0.1, -0.05) is 17.7 Å². The highest BCUT2D eigenvalue weighted by molar-refractivity contribution is 7.91. The van der Waals surface area contributed by atoms with Crippen molar-refractivity contribution in [3.63, 3.8) is 0 Å². The van der Waals surface area contributed by atoms with Crippen LogP contribution in [-0.2, 0) is 16.4 Å². The lowest BCUT2D eigenvalue weighted by Crippen LogP contribution is -2.30. The van der Waals surface area contributed by atoms with Gasteiger partial charge >= 0.3 is 0 Å². The Morgan fingerprint density at radius 3 is 2.55 bits per heavy atom. The van der Waals surface area contributed by atoms with Gasteiger partial charge in [-0.2, -0.15) is 0 Å². The van der Waals surface area contributed by atoms with Crippen LogP contribution in [0.5, 0.6) is 0 Å². The van der Waals surface area contributed by atoms with Crippen LogP contribution in [-0.4, -0.2) is 34.1 Å². The molecule has 0 amide bonds. The molecule has 3 aromatic heterocycles. The number of hydrogen-bond acceptors (Lipinski definition) is 6. The monoisotopic (exact) mass is 430 g/mol. The molecule has 0 aliphatic carbocycles. The Hall–Kier alpha value is -3.01. The largest absolute Gasteiger partial charge is 0.395 e. The van der Waals surface area contributed by atoms with Gasteiger partial charge in [0, 0.05) is 17.8 Å². The van der Waals surface area contributed by atoms with E-state index in [1.807, 2.05) is 0 Å². The number of nitrogens with one attached hydrogen (secondary N) is 1. The number of sulfone groups is 1. The summed E-state index contributed by atoms with van der Waals surface area (Å²) in [6, 6.07) is 11.7. The summed E-state index contributed by atoms with van der Waals surface area (Å²) in [5, 5.41) is 18.3. The molecule has 4 rings (SSSR count). The summed E-state index contributed by atoms with van der Waals surface area (Å²) in [6.45, 7) is -0.444. The fourth-order valence-corrected chi connectivity index (χ4v) is 4.64. The third kappa shape index (κ3) is 3.13. The molecule has 0 aliphatic heterocycles. The van der Waals surface area contributed by atoms with E-state index in [0.717, 1.165) is 0 Å². The highest BCUT2D eigenvalue weighted by atomic mass is 35.5. The van der Waals surface area contributed by atoms with Gasteiger partial charge < -0.3 is 9.67 Å². The first-order valence-corrected chi connectivity index (χ1v) is 10.4. The molecule has 10 heteroatoms. The van der Waals surface area contributed by atoms with E-state index in [-0.39, 0.29) is 39.5 Å². The number of aromatic nitrogens is 3. The second kappa shape index (κ2) is 7.11. The predicted octanol–water partition coefficient (Wildman–Crippen LogP) is 1.61. The highest BCUT2D eigenvalue weighted by Gasteiger charge is 2.24. The van der Waals surface area contributed by atoms with E-state index in [0.29, 0.717) is 10.7 Å². The average molecular weight is 431 g/mol. The minimum atomic E-state index is -4.11. The van der Waals surface area contributed by atoms with Gasteiger partial charge in [0.05, 0.1) is 16.9 Å². The fourth-order valence-electron chi connectivity index (χ4n) is 3.12. The van der Waals surface area contributed by atoms with Crippen LogP contribution in [0, 0.1) is 5.41 Å². The number of pyridine rings is 2. The van der Waals surface area contributed by atoms with Gasteiger partial charge in [-0.15, -0.1) is 0 Å². The van der Waals surface area contributed by atoms with E-state index in [1.54, 1.807) is 18.2 Å². The zero-order valence-electron chi connectivity index (χ0n) is 14.9. The number of fused-ring (bicyclic) bond motifs is 2. The third-order valence-electron chi connectivity index (χ3n) is 4.52. The van der Waals surface area contributed by atoms with E-state index in [9.17, 15) is 18.3 Å². The molecule has 2 N–H and O–H groups in total. The minimum Gasteiger partial charge on any atom is -0.395 e. The number of nitrogens with zero attached hydrogens (tertiary/aromatic N) is 3. The van der Waals surface area contributed by atoms with Gasteiger partial charge in [0.25, 0.3) is 5.56 Å². The molecule has 0 bridgehead atoms. The van der Waals surface area contributed by atoms with Crippen LogP contribution < -0.4 is 11.0 Å². The third-order valence-corrected chi connectivity index (χ3v) is 6.56. The molecule has 0 saturated carbocycles. The van der Waals surface area contributed by atoms with Crippen LogP contribution >= 0.6 is 11.6 Å². The first-order chi connectivity index (χ1) is 13.8. The zero-order valence-corrected chi connectivity index (χ0v) is 16.5. The Bertz CT molecular complexity index is 1470. The molecule has 0 atom stereocenters. The van der Waals surface area contributed by atoms with Crippen molar-refractivity contribution < 1.29 is 13.5 Å². The molecule has 0 radical (unpaired) electrons. The second-order valence-corrected chi connectivity index (χ2v) is 8.63. The van der Waals surface area contributed by atoms with Crippen LogP contribution in [0.25, 0.3) is 16.7 Å². The summed E-state index contributed by atoms with van der Waals surface area (Å²) in [4.78, 5) is 17.0. The predicted molar refractivity (Wildman–Crippen MR) is 107 cm³/mol. The Balaban J connectivity index is 2.13. The summed E-state index contributed by atoms with van der Waals surface area (Å²) < 4.78 is 28.9. The smallest absolute Gasteiger partial charge is 0.267 e. The van der Waals surface area contributed by atoms with Crippen LogP contribution in [0.3, 0.4) is 0 Å². The van der Waals surface area contributed by atoms with E-state index >= 15 is 0 Å². The molecule has 8 nitrogen and oxygen atoms in total. The maximum atomic E-state index is 13.2. The molecule has 0 saturated heterocycles. The molecule has 29 heavy (non-hydrogen) atoms. The lowest BCUT2D eigenvalue weighted by atomic mass is 10.3. The van der Waals surface area contributed by atoms with Crippen LogP contribution in [0.2, 0.25) is 5.02 Å². The molecule has 1 aromatic carbocycles. The molecule has 148 valence electrons. The van der Waals surface area contributed by atoms with Crippen molar-refractivity contribution in [2.24, 2.45) is 0 Å². The first-order valence-electron chi connectivity index (χ1n) is 8.55. The Labute approximate surface area is 169 Å². The van der Waals surface area contributed by atoms with Crippen molar-refractivity contribution in [2.45, 2.75) is 16.3 Å². The number of hydrogen-bond donors (Lipinski definition) is 2. The number of rotatable bonds is 4. The minimum absolute atomic E-state index is 0.0330. The quantitative estimate of drug-likeness (QED) is 0.477. The molecule has 0 unspecified atom stereocenters. The molecule has 3 heterocycles. The Morgan fingerprint density at radius 1 is 1.14 bits per heavy atom. The number of aliphatic hydroxyl groups is 1. The Kier molecular flexibility index (Phi) is 4.73. The van der Waals surface area contributed by atoms with Crippen molar-refractivity contribution in [1.29, 1.82) is 5.41 Å². The van der Waals surface area contributed by atoms with E-state index in [2.05, 4.69) is 4.98 Å². The average Bonchev–Trinajstić information content (AvgIpc) is 2.70. The lowest BCUT2D eigenvalue weighted by molar-refractivity contribution is 0.274. The summed E-state index contributed by atoms with van der Waals surface area (Å²) >= 11 is 5.84. The van der Waals surface area contributed by atoms with Crippen molar-refractivity contribution in [3.8, 4) is 0 Å². The first kappa shape index (κ1) is 19.3. The van der Waals surface area contributed by atoms with Crippen LogP contribution in [0.15, 0.2) is 69.3 Å². The van der Waals surface area contributed by atoms with E-state index in [1.165, 1.54) is 45.5 Å². The van der Waals surface area contributed by atoms with E-state index in [4.69, 9.17) is 17.0 Å². The molecule has 0 spiro atoms. The van der Waals surface area contributed by atoms with Crippen LogP contribution in [0.1, 0.15) is 0 Å². The fraction of sp³-hybridized carbons (Fsp3) is 0.105. The van der Waals surface area contributed by atoms with Crippen LogP contribution in [0.4, 0.5) is 0 Å². The van der Waals surface area contributed by atoms with E-state index < -0.39 is 15.4 Å². The zero-order chi connectivity index (χ0) is 20.8. The summed E-state index contributed by atoms with van der Waals surface area (Å²) in [7, 11) is -4.11. The number of halogens is 1. The van der Waals surface area contributed by atoms with Gasteiger partial charge in [0.1, 0.15) is 21.7 Å². The SMILES string of the molecule is N=c1c(S(=O)(=O)c2ccc(Cl)cc2)cc2c(=O)n3ccccc3nc2n1CCO. The standard InChI is InChI=1S/C19H15ClN4O4S/c20-12-4-6-13(7-5-12)29(27,28)15-11-14-18(24(9-10-25)17(15)21)22-16-3-1-2-8-23(16)19(14)26/h1-8,11,21,25H,9-10H2. The van der Waals surface area contributed by atoms with Crippen molar-refractivity contribution in [1.82, 2.24) is 14.0 Å². The van der Waals surface area contributed by atoms with Gasteiger partial charge in [-0.25, -0.2) is 13.4 Å². The maximum Gasteiger partial charge on any atom is 0.267 e. The van der Waals surface area contributed by atoms with Gasteiger partial charge in [0.15, 0.2) is 0 Å². The topological polar surface area (TPSA) is 118 Å². The van der Waals surface area contributed by atoms with Crippen molar-refractivity contribution in [2.75, 3.05) is 6.61 Å². The number of aliphatic hydroxyl groups excluding tert-OH is 1. The lowest BCUT2D eigenvalue weighted by Gasteiger charge is -2.14. The molecular weight excluding hydrogens is 416 g/mol. The second-order valence-electron chi connectivity index (χ2n) is 6.27. The van der Waals surface area contributed by atoms with Crippen molar-refractivity contribution >= 4 is 38.1 Å². The maximum absolute atomic E-state index is 13.2. The molecular formula is C19H15ClN4O4S. The highest BCUT2D eigenvalue weighted by Crippen LogP contribution is 2.22. The molecule has 0 fully saturated rings. The summed E-state index contributed by atoms with van der Waals surface area (Å²) in [5.74, 6) is 0. The summed E-state index contributed by atoms with van der Waals surface area (Å²) in [6.07, 6.45) is 1.53. The van der Waals surface area contributed by atoms with Gasteiger partial charge in [0.2, 0.25) is 9.84 Å². The summed E-state index contributed by atoms with van der Waals surface area (Å²) in [5.41, 5.74) is -0.349. The number of benzene rings is 1. The van der Waals surface area contributed by atoms with Gasteiger partial charge in [-0.3, -0.25) is 14.6 Å². The van der Waals surface area contributed by atoms with Crippen molar-refractivity contribution in [3.05, 3.63) is 75.6 Å². The Morgan fingerprint density at radius 2 is 1.86 bits per heavy atom.